The van der Waals surface area contributed by atoms with Gasteiger partial charge in [0, 0.05) is 19.4 Å². The van der Waals surface area contributed by atoms with E-state index in [4.69, 9.17) is 14.2 Å². The van der Waals surface area contributed by atoms with Crippen molar-refractivity contribution in [2.24, 2.45) is 50.7 Å². The number of hydrogen-bond donors (Lipinski definition) is 0. The summed E-state index contributed by atoms with van der Waals surface area (Å²) in [5.74, 6) is 2.51. The molecule has 5 saturated carbocycles. The quantitative estimate of drug-likeness (QED) is 0.281. The molecule has 1 saturated heterocycles. The van der Waals surface area contributed by atoms with Crippen LogP contribution in [0, 0.1) is 50.7 Å². The Morgan fingerprint density at radius 3 is 1.97 bits per heavy atom. The molecular weight excluding hydrogens is 460 g/mol. The van der Waals surface area contributed by atoms with Crippen molar-refractivity contribution < 1.29 is 19.0 Å². The van der Waals surface area contributed by atoms with Crippen molar-refractivity contribution in [2.45, 2.75) is 144 Å². The van der Waals surface area contributed by atoms with Crippen LogP contribution in [0.4, 0.5) is 0 Å². The Bertz CT molecular complexity index is 956. The molecule has 6 rings (SSSR count). The molecule has 5 aliphatic carbocycles. The van der Waals surface area contributed by atoms with E-state index < -0.39 is 0 Å². The Morgan fingerprint density at radius 1 is 0.730 bits per heavy atom. The summed E-state index contributed by atoms with van der Waals surface area (Å²) in [6, 6.07) is 0. The Labute approximate surface area is 226 Å². The predicted octanol–water partition coefficient (Wildman–Crippen LogP) is 7.58. The number of fused-ring (bicyclic) bond motifs is 5. The molecule has 6 fully saturated rings. The van der Waals surface area contributed by atoms with Crippen LogP contribution in [0.5, 0.6) is 0 Å². The smallest absolute Gasteiger partial charge is 0.302 e. The zero-order valence-electron chi connectivity index (χ0n) is 25.2. The molecule has 210 valence electrons. The third-order valence-electron chi connectivity index (χ3n) is 14.3. The number of hydrogen-bond acceptors (Lipinski definition) is 4. The monoisotopic (exact) mass is 514 g/mol. The van der Waals surface area contributed by atoms with Gasteiger partial charge in [0.05, 0.1) is 17.8 Å². The van der Waals surface area contributed by atoms with Crippen molar-refractivity contribution in [3.63, 3.8) is 0 Å². The highest BCUT2D eigenvalue weighted by atomic mass is 16.6. The highest BCUT2D eigenvalue weighted by Gasteiger charge is 2.76. The molecule has 1 spiro atoms. The Kier molecular flexibility index (Phi) is 5.74. The van der Waals surface area contributed by atoms with Gasteiger partial charge in [-0.25, -0.2) is 0 Å². The summed E-state index contributed by atoms with van der Waals surface area (Å²) in [6.45, 7) is 19.2. The first-order valence-corrected chi connectivity index (χ1v) is 15.5. The van der Waals surface area contributed by atoms with Crippen molar-refractivity contribution in [3.8, 4) is 0 Å². The highest BCUT2D eigenvalue weighted by Crippen LogP contribution is 2.76. The second kappa shape index (κ2) is 7.99. The third kappa shape index (κ3) is 3.42. The summed E-state index contributed by atoms with van der Waals surface area (Å²) in [6.07, 6.45) is 13.2. The molecule has 37 heavy (non-hydrogen) atoms. The van der Waals surface area contributed by atoms with Gasteiger partial charge in [-0.3, -0.25) is 4.79 Å². The van der Waals surface area contributed by atoms with Crippen molar-refractivity contribution in [1.82, 2.24) is 0 Å². The summed E-state index contributed by atoms with van der Waals surface area (Å²) in [7, 11) is 1.93. The highest BCUT2D eigenvalue weighted by molar-refractivity contribution is 5.66. The summed E-state index contributed by atoms with van der Waals surface area (Å²) < 4.78 is 18.9. The minimum atomic E-state index is -0.130. The van der Waals surface area contributed by atoms with E-state index in [0.717, 1.165) is 31.1 Å². The fraction of sp³-hybridized carbons (Fsp3) is 0.970. The molecule has 1 aliphatic heterocycles. The number of esters is 1. The first kappa shape index (κ1) is 26.6. The largest absolute Gasteiger partial charge is 0.462 e. The van der Waals surface area contributed by atoms with Gasteiger partial charge in [0.2, 0.25) is 0 Å². The van der Waals surface area contributed by atoms with Gasteiger partial charge in [0.15, 0.2) is 0 Å². The lowest BCUT2D eigenvalue weighted by atomic mass is 9.41. The van der Waals surface area contributed by atoms with Gasteiger partial charge in [0.25, 0.3) is 0 Å². The van der Waals surface area contributed by atoms with Crippen LogP contribution in [0.2, 0.25) is 0 Å². The molecule has 0 amide bonds. The van der Waals surface area contributed by atoms with E-state index >= 15 is 0 Å². The van der Waals surface area contributed by atoms with Gasteiger partial charge >= 0.3 is 5.97 Å². The maximum Gasteiger partial charge on any atom is 0.302 e. The van der Waals surface area contributed by atoms with Crippen molar-refractivity contribution in [3.05, 3.63) is 0 Å². The second-order valence-electron chi connectivity index (χ2n) is 16.5. The number of ether oxygens (including phenoxy) is 3. The van der Waals surface area contributed by atoms with Gasteiger partial charge < -0.3 is 14.2 Å². The average Bonchev–Trinajstić information content (AvgIpc) is 3.50. The van der Waals surface area contributed by atoms with Crippen LogP contribution in [0.25, 0.3) is 0 Å². The van der Waals surface area contributed by atoms with Crippen LogP contribution in [0.1, 0.15) is 120 Å². The average molecular weight is 515 g/mol. The van der Waals surface area contributed by atoms with Crippen molar-refractivity contribution in [1.29, 1.82) is 0 Å². The molecule has 4 nitrogen and oxygen atoms in total. The summed E-state index contributed by atoms with van der Waals surface area (Å²) in [5, 5.41) is 0. The van der Waals surface area contributed by atoms with E-state index in [1.165, 1.54) is 44.9 Å². The van der Waals surface area contributed by atoms with Crippen LogP contribution in [0.3, 0.4) is 0 Å². The molecule has 0 aromatic carbocycles. The van der Waals surface area contributed by atoms with Gasteiger partial charge in [0.1, 0.15) is 6.10 Å². The summed E-state index contributed by atoms with van der Waals surface area (Å²) in [5.41, 5.74) is 1.30. The molecule has 0 radical (unpaired) electrons. The van der Waals surface area contributed by atoms with Crippen LogP contribution < -0.4 is 0 Å². The fourth-order valence-electron chi connectivity index (χ4n) is 12.8. The number of epoxide rings is 1. The van der Waals surface area contributed by atoms with Crippen LogP contribution in [-0.4, -0.2) is 37.0 Å². The number of carbonyl (C=O) groups excluding carboxylic acids is 1. The van der Waals surface area contributed by atoms with Crippen molar-refractivity contribution in [2.75, 3.05) is 7.11 Å². The van der Waals surface area contributed by atoms with Gasteiger partial charge in [-0.2, -0.15) is 0 Å². The maximum atomic E-state index is 11.9. The fourth-order valence-corrected chi connectivity index (χ4v) is 12.8. The molecule has 0 aromatic rings. The van der Waals surface area contributed by atoms with Crippen LogP contribution in [0.15, 0.2) is 0 Å². The summed E-state index contributed by atoms with van der Waals surface area (Å²) in [4.78, 5) is 11.9. The molecule has 6 aliphatic rings. The van der Waals surface area contributed by atoms with Gasteiger partial charge in [-0.15, -0.1) is 0 Å². The molecule has 0 bridgehead atoms. The van der Waals surface area contributed by atoms with E-state index in [1.807, 2.05) is 7.11 Å². The first-order valence-electron chi connectivity index (χ1n) is 15.5. The zero-order chi connectivity index (χ0) is 26.8. The van der Waals surface area contributed by atoms with Gasteiger partial charge in [-0.05, 0) is 110 Å². The third-order valence-corrected chi connectivity index (χ3v) is 14.3. The van der Waals surface area contributed by atoms with E-state index in [9.17, 15) is 4.79 Å². The second-order valence-corrected chi connectivity index (χ2v) is 16.5. The summed E-state index contributed by atoms with van der Waals surface area (Å²) >= 11 is 0. The predicted molar refractivity (Wildman–Crippen MR) is 146 cm³/mol. The Balaban J connectivity index is 1.33. The molecule has 11 atom stereocenters. The molecule has 0 unspecified atom stereocenters. The van der Waals surface area contributed by atoms with E-state index in [1.54, 1.807) is 6.92 Å². The van der Waals surface area contributed by atoms with Crippen molar-refractivity contribution >= 4 is 5.97 Å². The lowest BCUT2D eigenvalue weighted by molar-refractivity contribution is -0.181. The van der Waals surface area contributed by atoms with Crippen LogP contribution in [-0.2, 0) is 19.0 Å². The van der Waals surface area contributed by atoms with E-state index in [2.05, 4.69) is 48.5 Å². The topological polar surface area (TPSA) is 48.1 Å². The molecule has 4 heteroatoms. The Hall–Kier alpha value is -0.610. The van der Waals surface area contributed by atoms with E-state index in [-0.39, 0.29) is 33.9 Å². The number of rotatable bonds is 2. The SMILES string of the molecule is CO[C@H]1CC[C@@]2(C)[C@@H](CC[C@@]3(C)C[C@@]45O[C@@H]4C[C@H]4C(C)(C)[C@H](OC(C)=O)CC[C@]4(C)[C@H]5CC[C@@H]32)C1(C)C. The molecule has 0 aromatic heterocycles. The zero-order valence-corrected chi connectivity index (χ0v) is 25.2. The Morgan fingerprint density at radius 2 is 1.32 bits per heavy atom. The minimum Gasteiger partial charge on any atom is -0.462 e. The van der Waals surface area contributed by atoms with Gasteiger partial charge in [-0.1, -0.05) is 48.5 Å². The molecular formula is C33H54O4. The molecule has 1 heterocycles. The standard InChI is InChI=1S/C33H54O4/c1-20(34)36-26-14-17-32(8)23-11-10-22-30(6,19-33(23)27(37-33)18-24(32)29(26,4)5)15-12-21-28(2,3)25(35-9)13-16-31(21,22)7/h21-27H,10-19H2,1-9H3/t21-,22-,23+,24-,25-,26+,27+,30-,31-,32+,33-/m0/s1. The lowest BCUT2D eigenvalue weighted by Gasteiger charge is -2.64. The normalized spacial score (nSPS) is 55.3. The number of carbonyl (C=O) groups is 1. The van der Waals surface area contributed by atoms with Crippen LogP contribution >= 0.6 is 0 Å². The molecule has 0 N–H and O–H groups in total. The minimum absolute atomic E-state index is 0.0145. The van der Waals surface area contributed by atoms with E-state index in [0.29, 0.717) is 34.9 Å². The maximum absolute atomic E-state index is 11.9. The number of methoxy groups -OCH3 is 1. The first-order chi connectivity index (χ1) is 17.1. The lowest BCUT2D eigenvalue weighted by Crippen LogP contribution is -2.60.